The van der Waals surface area contributed by atoms with Gasteiger partial charge in [0.15, 0.2) is 10.8 Å². The molecule has 0 radical (unpaired) electrons. The van der Waals surface area contributed by atoms with Crippen molar-refractivity contribution in [3.63, 3.8) is 0 Å². The molecule has 2 heterocycles. The quantitative estimate of drug-likeness (QED) is 0.585. The van der Waals surface area contributed by atoms with E-state index in [0.29, 0.717) is 31.0 Å². The van der Waals surface area contributed by atoms with E-state index in [2.05, 4.69) is 4.98 Å². The molecule has 0 aliphatic heterocycles. The number of nitrogens with zero attached hydrogens (tertiary/aromatic N) is 2. The maximum absolute atomic E-state index is 12.9. The lowest BCUT2D eigenvalue weighted by molar-refractivity contribution is -0.138. The Labute approximate surface area is 167 Å². The van der Waals surface area contributed by atoms with Crippen LogP contribution in [-0.2, 0) is 22.6 Å². The summed E-state index contributed by atoms with van der Waals surface area (Å²) in [5.41, 5.74) is 1.70. The molecule has 0 aliphatic carbocycles. The molecule has 3 aromatic rings. The van der Waals surface area contributed by atoms with Crippen LogP contribution >= 0.6 is 11.3 Å². The van der Waals surface area contributed by atoms with Crippen molar-refractivity contribution in [3.05, 3.63) is 64.9 Å². The molecule has 0 fully saturated rings. The second-order valence-corrected chi connectivity index (χ2v) is 7.39. The number of carboxylic acid groups (broad SMARTS) is 1. The van der Waals surface area contributed by atoms with E-state index < -0.39 is 5.97 Å². The second kappa shape index (κ2) is 9.32. The molecule has 0 bridgehead atoms. The van der Waals surface area contributed by atoms with Gasteiger partial charge in [0, 0.05) is 24.9 Å². The molecular weight excluding hydrogens is 376 g/mol. The van der Waals surface area contributed by atoms with Crippen molar-refractivity contribution < 1.29 is 19.1 Å². The minimum atomic E-state index is -0.856. The summed E-state index contributed by atoms with van der Waals surface area (Å²) in [6.07, 6.45) is 0.634. The monoisotopic (exact) mass is 398 g/mol. The van der Waals surface area contributed by atoms with Crippen molar-refractivity contribution in [2.45, 2.75) is 32.7 Å². The molecule has 0 aliphatic rings. The third-order valence-electron chi connectivity index (χ3n) is 4.22. The number of aryl methyl sites for hydroxylation is 1. The fourth-order valence-electron chi connectivity index (χ4n) is 2.83. The number of carboxylic acids is 1. The molecule has 2 aromatic heterocycles. The molecule has 0 saturated heterocycles. The molecule has 0 atom stereocenters. The SMILES string of the molecule is Cc1ccc(-c2nc(CC(=O)N(CCCC(=O)O)Cc3ccccc3)cs2)o1. The fourth-order valence-corrected chi connectivity index (χ4v) is 3.61. The topological polar surface area (TPSA) is 83.6 Å². The zero-order valence-corrected chi connectivity index (χ0v) is 16.4. The molecule has 146 valence electrons. The lowest BCUT2D eigenvalue weighted by Gasteiger charge is -2.22. The summed E-state index contributed by atoms with van der Waals surface area (Å²) in [6.45, 7) is 2.72. The van der Waals surface area contributed by atoms with Gasteiger partial charge in [-0.1, -0.05) is 30.3 Å². The van der Waals surface area contributed by atoms with Crippen LogP contribution in [0.4, 0.5) is 0 Å². The number of hydrogen-bond donors (Lipinski definition) is 1. The summed E-state index contributed by atoms with van der Waals surface area (Å²) >= 11 is 1.44. The van der Waals surface area contributed by atoms with Gasteiger partial charge in [0.25, 0.3) is 0 Å². The number of benzene rings is 1. The molecule has 7 heteroatoms. The number of carbonyl (C=O) groups is 2. The van der Waals surface area contributed by atoms with Gasteiger partial charge in [-0.2, -0.15) is 0 Å². The Morgan fingerprint density at radius 3 is 2.64 bits per heavy atom. The maximum atomic E-state index is 12.9. The Hall–Kier alpha value is -2.93. The minimum Gasteiger partial charge on any atom is -0.481 e. The largest absolute Gasteiger partial charge is 0.481 e. The average Bonchev–Trinajstić information content (AvgIpc) is 3.30. The number of hydrogen-bond acceptors (Lipinski definition) is 5. The van der Waals surface area contributed by atoms with Crippen LogP contribution in [0.3, 0.4) is 0 Å². The number of carbonyl (C=O) groups excluding carboxylic acids is 1. The van der Waals surface area contributed by atoms with Crippen LogP contribution in [0.2, 0.25) is 0 Å². The summed E-state index contributed by atoms with van der Waals surface area (Å²) in [5.74, 6) is 0.589. The average molecular weight is 398 g/mol. The first-order chi connectivity index (χ1) is 13.5. The van der Waals surface area contributed by atoms with E-state index in [-0.39, 0.29) is 18.7 Å². The Kier molecular flexibility index (Phi) is 6.60. The molecule has 1 N–H and O–H groups in total. The first-order valence-corrected chi connectivity index (χ1v) is 9.94. The van der Waals surface area contributed by atoms with E-state index in [9.17, 15) is 9.59 Å². The second-order valence-electron chi connectivity index (χ2n) is 6.53. The predicted octanol–water partition coefficient (Wildman–Crippen LogP) is 4.15. The standard InChI is InChI=1S/C21H22N2O4S/c1-15-9-10-18(27-15)21-22-17(14-28-21)12-19(24)23(11-5-8-20(25)26)13-16-6-3-2-4-7-16/h2-4,6-7,9-10,14H,5,8,11-13H2,1H3,(H,25,26). The molecule has 1 amide bonds. The Morgan fingerprint density at radius 1 is 1.18 bits per heavy atom. The Balaban J connectivity index is 1.67. The van der Waals surface area contributed by atoms with Crippen molar-refractivity contribution in [1.29, 1.82) is 0 Å². The van der Waals surface area contributed by atoms with Crippen LogP contribution in [0.25, 0.3) is 10.8 Å². The normalized spacial score (nSPS) is 10.8. The van der Waals surface area contributed by atoms with Crippen molar-refractivity contribution in [3.8, 4) is 10.8 Å². The summed E-state index contributed by atoms with van der Waals surface area (Å²) in [7, 11) is 0. The summed E-state index contributed by atoms with van der Waals surface area (Å²) in [5, 5.41) is 11.5. The zero-order chi connectivity index (χ0) is 19.9. The van der Waals surface area contributed by atoms with E-state index >= 15 is 0 Å². The van der Waals surface area contributed by atoms with Crippen molar-refractivity contribution >= 4 is 23.2 Å². The lowest BCUT2D eigenvalue weighted by Crippen LogP contribution is -2.33. The summed E-state index contributed by atoms with van der Waals surface area (Å²) in [4.78, 5) is 29.9. The molecule has 6 nitrogen and oxygen atoms in total. The van der Waals surface area contributed by atoms with Crippen molar-refractivity contribution in [1.82, 2.24) is 9.88 Å². The highest BCUT2D eigenvalue weighted by Gasteiger charge is 2.17. The van der Waals surface area contributed by atoms with Crippen LogP contribution in [0, 0.1) is 6.92 Å². The van der Waals surface area contributed by atoms with Crippen LogP contribution in [0.15, 0.2) is 52.3 Å². The minimum absolute atomic E-state index is 0.0390. The van der Waals surface area contributed by atoms with E-state index in [0.717, 1.165) is 16.3 Å². The van der Waals surface area contributed by atoms with Crippen LogP contribution < -0.4 is 0 Å². The number of aliphatic carboxylic acids is 1. The molecule has 3 rings (SSSR count). The first kappa shape index (κ1) is 19.8. The third-order valence-corrected chi connectivity index (χ3v) is 5.13. The lowest BCUT2D eigenvalue weighted by atomic mass is 10.2. The van der Waals surface area contributed by atoms with Crippen LogP contribution in [0.5, 0.6) is 0 Å². The van der Waals surface area contributed by atoms with Gasteiger partial charge in [0.05, 0.1) is 12.1 Å². The van der Waals surface area contributed by atoms with Gasteiger partial charge in [0.2, 0.25) is 5.91 Å². The van der Waals surface area contributed by atoms with E-state index in [1.807, 2.05) is 54.8 Å². The molecule has 0 spiro atoms. The van der Waals surface area contributed by atoms with E-state index in [4.69, 9.17) is 9.52 Å². The fraction of sp³-hybridized carbons (Fsp3) is 0.286. The smallest absolute Gasteiger partial charge is 0.303 e. The number of furan rings is 1. The molecule has 0 unspecified atom stereocenters. The van der Waals surface area contributed by atoms with Crippen molar-refractivity contribution in [2.75, 3.05) is 6.54 Å². The molecular formula is C21H22N2O4S. The zero-order valence-electron chi connectivity index (χ0n) is 15.6. The van der Waals surface area contributed by atoms with Crippen molar-refractivity contribution in [2.24, 2.45) is 0 Å². The van der Waals surface area contributed by atoms with Gasteiger partial charge < -0.3 is 14.4 Å². The van der Waals surface area contributed by atoms with E-state index in [1.165, 1.54) is 11.3 Å². The van der Waals surface area contributed by atoms with Gasteiger partial charge in [-0.25, -0.2) is 4.98 Å². The number of amides is 1. The number of aromatic nitrogens is 1. The van der Waals surface area contributed by atoms with Gasteiger partial charge in [0.1, 0.15) is 5.76 Å². The predicted molar refractivity (Wildman–Crippen MR) is 107 cm³/mol. The highest BCUT2D eigenvalue weighted by atomic mass is 32.1. The summed E-state index contributed by atoms with van der Waals surface area (Å²) < 4.78 is 5.59. The third kappa shape index (κ3) is 5.53. The maximum Gasteiger partial charge on any atom is 0.303 e. The van der Waals surface area contributed by atoms with Crippen LogP contribution in [-0.4, -0.2) is 33.4 Å². The van der Waals surface area contributed by atoms with Gasteiger partial charge in [-0.3, -0.25) is 9.59 Å². The number of rotatable bonds is 9. The Morgan fingerprint density at radius 2 is 1.96 bits per heavy atom. The number of thiazole rings is 1. The highest BCUT2D eigenvalue weighted by molar-refractivity contribution is 7.13. The highest BCUT2D eigenvalue weighted by Crippen LogP contribution is 2.26. The first-order valence-electron chi connectivity index (χ1n) is 9.06. The van der Waals surface area contributed by atoms with Gasteiger partial charge >= 0.3 is 5.97 Å². The Bertz CT molecular complexity index is 933. The molecule has 0 saturated carbocycles. The van der Waals surface area contributed by atoms with Gasteiger partial charge in [-0.15, -0.1) is 11.3 Å². The van der Waals surface area contributed by atoms with E-state index in [1.54, 1.807) is 4.90 Å². The summed E-state index contributed by atoms with van der Waals surface area (Å²) in [6, 6.07) is 13.4. The van der Waals surface area contributed by atoms with Crippen LogP contribution in [0.1, 0.15) is 29.9 Å². The molecule has 1 aromatic carbocycles. The van der Waals surface area contributed by atoms with Gasteiger partial charge in [-0.05, 0) is 31.0 Å². The molecule has 28 heavy (non-hydrogen) atoms.